The van der Waals surface area contributed by atoms with Gasteiger partial charge in [0.05, 0.1) is 19.6 Å². The van der Waals surface area contributed by atoms with Gasteiger partial charge in [-0.25, -0.2) is 8.78 Å². The molecule has 0 spiro atoms. The summed E-state index contributed by atoms with van der Waals surface area (Å²) >= 11 is 0. The number of rotatable bonds is 5. The summed E-state index contributed by atoms with van der Waals surface area (Å²) in [6, 6.07) is 0. The third kappa shape index (κ3) is 6.83. The first kappa shape index (κ1) is 15.8. The summed E-state index contributed by atoms with van der Waals surface area (Å²) in [4.78, 5) is 22.5. The summed E-state index contributed by atoms with van der Waals surface area (Å²) in [7, 11) is 0. The van der Waals surface area contributed by atoms with Crippen LogP contribution in [-0.4, -0.2) is 37.4 Å². The number of amides is 2. The molecule has 2 amide bonds. The summed E-state index contributed by atoms with van der Waals surface area (Å²) in [6.07, 6.45) is 0. The Labute approximate surface area is 99.1 Å². The maximum absolute atomic E-state index is 12.7. The molecular formula is C10H19F2N3O2. The summed E-state index contributed by atoms with van der Waals surface area (Å²) in [5.41, 5.74) is 4.18. The lowest BCUT2D eigenvalue weighted by molar-refractivity contribution is -0.131. The van der Waals surface area contributed by atoms with Crippen molar-refractivity contribution in [3.05, 3.63) is 0 Å². The zero-order valence-corrected chi connectivity index (χ0v) is 10.3. The monoisotopic (exact) mass is 251 g/mol. The molecule has 0 unspecified atom stereocenters. The molecule has 17 heavy (non-hydrogen) atoms. The van der Waals surface area contributed by atoms with Gasteiger partial charge in [0.15, 0.2) is 0 Å². The van der Waals surface area contributed by atoms with Gasteiger partial charge in [0.25, 0.3) is 5.92 Å². The maximum atomic E-state index is 12.7. The van der Waals surface area contributed by atoms with Crippen LogP contribution in [0, 0.1) is 5.41 Å². The van der Waals surface area contributed by atoms with Gasteiger partial charge in [0.2, 0.25) is 11.8 Å². The number of nitrogens with two attached hydrogens (primary N) is 1. The maximum Gasteiger partial charge on any atom is 0.277 e. The zero-order chi connectivity index (χ0) is 13.7. The van der Waals surface area contributed by atoms with E-state index in [2.05, 4.69) is 5.32 Å². The van der Waals surface area contributed by atoms with Crippen molar-refractivity contribution in [1.82, 2.24) is 10.6 Å². The van der Waals surface area contributed by atoms with Gasteiger partial charge in [-0.05, 0) is 0 Å². The Bertz CT molecular complexity index is 288. The van der Waals surface area contributed by atoms with Crippen molar-refractivity contribution in [2.24, 2.45) is 11.1 Å². The Morgan fingerprint density at radius 3 is 2.12 bits per heavy atom. The van der Waals surface area contributed by atoms with Crippen LogP contribution in [0.1, 0.15) is 20.8 Å². The van der Waals surface area contributed by atoms with E-state index >= 15 is 0 Å². The average molecular weight is 251 g/mol. The fourth-order valence-electron chi connectivity index (χ4n) is 0.788. The van der Waals surface area contributed by atoms with E-state index in [4.69, 9.17) is 5.73 Å². The van der Waals surface area contributed by atoms with Crippen LogP contribution in [0.25, 0.3) is 0 Å². The van der Waals surface area contributed by atoms with Crippen LogP contribution in [0.3, 0.4) is 0 Å². The Morgan fingerprint density at radius 2 is 1.71 bits per heavy atom. The molecular weight excluding hydrogens is 232 g/mol. The minimum absolute atomic E-state index is 0.321. The highest BCUT2D eigenvalue weighted by Crippen LogP contribution is 2.12. The quantitative estimate of drug-likeness (QED) is 0.636. The molecule has 0 saturated carbocycles. The van der Waals surface area contributed by atoms with Crippen molar-refractivity contribution in [3.8, 4) is 0 Å². The minimum atomic E-state index is -3.12. The lowest BCUT2D eigenvalue weighted by Gasteiger charge is -2.18. The van der Waals surface area contributed by atoms with Crippen molar-refractivity contribution < 1.29 is 18.4 Å². The van der Waals surface area contributed by atoms with Crippen molar-refractivity contribution in [1.29, 1.82) is 0 Å². The van der Waals surface area contributed by atoms with E-state index in [-0.39, 0.29) is 12.5 Å². The number of alkyl halides is 2. The van der Waals surface area contributed by atoms with Gasteiger partial charge in [0.1, 0.15) is 0 Å². The van der Waals surface area contributed by atoms with E-state index in [0.717, 1.165) is 0 Å². The van der Waals surface area contributed by atoms with Crippen LogP contribution in [-0.2, 0) is 9.59 Å². The van der Waals surface area contributed by atoms with Crippen LogP contribution in [0.5, 0.6) is 0 Å². The van der Waals surface area contributed by atoms with Gasteiger partial charge in [0, 0.05) is 5.41 Å². The van der Waals surface area contributed by atoms with Gasteiger partial charge >= 0.3 is 0 Å². The molecule has 5 nitrogen and oxygen atoms in total. The van der Waals surface area contributed by atoms with Gasteiger partial charge in [-0.3, -0.25) is 9.59 Å². The second-order valence-electron chi connectivity index (χ2n) is 4.77. The summed E-state index contributed by atoms with van der Waals surface area (Å²) in [6.45, 7) is 3.07. The van der Waals surface area contributed by atoms with Crippen LogP contribution in [0.15, 0.2) is 0 Å². The third-order valence-electron chi connectivity index (χ3n) is 1.93. The van der Waals surface area contributed by atoms with E-state index in [1.807, 2.05) is 5.32 Å². The molecule has 0 heterocycles. The molecule has 0 aliphatic heterocycles. The number of halogens is 2. The first-order chi connectivity index (χ1) is 7.58. The molecule has 0 saturated heterocycles. The average Bonchev–Trinajstić information content (AvgIpc) is 2.21. The Balaban J connectivity index is 3.94. The first-order valence-electron chi connectivity index (χ1n) is 5.21. The highest BCUT2D eigenvalue weighted by atomic mass is 19.3. The van der Waals surface area contributed by atoms with E-state index < -0.39 is 30.3 Å². The van der Waals surface area contributed by atoms with Gasteiger partial charge in [-0.2, -0.15) is 0 Å². The lowest BCUT2D eigenvalue weighted by Crippen LogP contribution is -2.46. The van der Waals surface area contributed by atoms with Crippen molar-refractivity contribution >= 4 is 11.8 Å². The van der Waals surface area contributed by atoms with Gasteiger partial charge in [-0.1, -0.05) is 20.8 Å². The molecule has 0 aromatic carbocycles. The minimum Gasteiger partial charge on any atom is -0.348 e. The smallest absolute Gasteiger partial charge is 0.277 e. The SMILES string of the molecule is CC(C)(C)C(=O)NCC(=O)NCC(F)(F)CN. The highest BCUT2D eigenvalue weighted by molar-refractivity contribution is 5.87. The molecule has 0 atom stereocenters. The molecule has 0 aliphatic rings. The number of carbonyl (C=O) groups excluding carboxylic acids is 2. The lowest BCUT2D eigenvalue weighted by atomic mass is 9.96. The van der Waals surface area contributed by atoms with Crippen LogP contribution < -0.4 is 16.4 Å². The Hall–Kier alpha value is -1.24. The van der Waals surface area contributed by atoms with E-state index in [1.54, 1.807) is 20.8 Å². The standard InChI is InChI=1S/C10H19F2N3O2/c1-9(2,3)8(17)14-4-7(16)15-6-10(11,12)5-13/h4-6,13H2,1-3H3,(H,14,17)(H,15,16). The van der Waals surface area contributed by atoms with Gasteiger partial charge in [-0.15, -0.1) is 0 Å². The molecule has 0 bridgehead atoms. The van der Waals surface area contributed by atoms with E-state index in [1.165, 1.54) is 0 Å². The summed E-state index contributed by atoms with van der Waals surface area (Å²) < 4.78 is 25.3. The zero-order valence-electron chi connectivity index (χ0n) is 10.3. The predicted octanol–water partition coefficient (Wildman–Crippen LogP) is -0.141. The van der Waals surface area contributed by atoms with Gasteiger partial charge < -0.3 is 16.4 Å². The van der Waals surface area contributed by atoms with E-state index in [9.17, 15) is 18.4 Å². The van der Waals surface area contributed by atoms with E-state index in [0.29, 0.717) is 0 Å². The van der Waals surface area contributed by atoms with Crippen molar-refractivity contribution in [2.75, 3.05) is 19.6 Å². The molecule has 7 heteroatoms. The van der Waals surface area contributed by atoms with Crippen molar-refractivity contribution in [3.63, 3.8) is 0 Å². The summed E-state index contributed by atoms with van der Waals surface area (Å²) in [5, 5.41) is 4.35. The molecule has 100 valence electrons. The molecule has 0 aromatic heterocycles. The molecule has 0 fully saturated rings. The fraction of sp³-hybridized carbons (Fsp3) is 0.800. The molecule has 0 aliphatic carbocycles. The highest BCUT2D eigenvalue weighted by Gasteiger charge is 2.27. The van der Waals surface area contributed by atoms with Crippen LogP contribution in [0.2, 0.25) is 0 Å². The Morgan fingerprint density at radius 1 is 1.18 bits per heavy atom. The number of carbonyl (C=O) groups is 2. The molecule has 0 radical (unpaired) electrons. The third-order valence-corrected chi connectivity index (χ3v) is 1.93. The number of hydrogen-bond donors (Lipinski definition) is 3. The number of nitrogens with one attached hydrogen (secondary N) is 2. The Kier molecular flexibility index (Phi) is 5.47. The normalized spacial score (nSPS) is 12.1. The molecule has 4 N–H and O–H groups in total. The fourth-order valence-corrected chi connectivity index (χ4v) is 0.788. The largest absolute Gasteiger partial charge is 0.348 e. The number of hydrogen-bond acceptors (Lipinski definition) is 3. The van der Waals surface area contributed by atoms with Crippen LogP contribution in [0.4, 0.5) is 8.78 Å². The summed E-state index contributed by atoms with van der Waals surface area (Å²) in [5.74, 6) is -4.11. The van der Waals surface area contributed by atoms with Crippen LogP contribution >= 0.6 is 0 Å². The topological polar surface area (TPSA) is 84.2 Å². The second-order valence-corrected chi connectivity index (χ2v) is 4.77. The predicted molar refractivity (Wildman–Crippen MR) is 59.5 cm³/mol. The second kappa shape index (κ2) is 5.90. The first-order valence-corrected chi connectivity index (χ1v) is 5.21. The van der Waals surface area contributed by atoms with Crippen molar-refractivity contribution in [2.45, 2.75) is 26.7 Å². The molecule has 0 rings (SSSR count). The molecule has 0 aromatic rings.